The van der Waals surface area contributed by atoms with Crippen LogP contribution >= 0.6 is 25.3 Å². The molecule has 0 spiro atoms. The van der Waals surface area contributed by atoms with Gasteiger partial charge >= 0.3 is 11.9 Å². The van der Waals surface area contributed by atoms with Gasteiger partial charge in [0.15, 0.2) is 0 Å². The van der Waals surface area contributed by atoms with Crippen LogP contribution in [0.4, 0.5) is 0 Å². The number of thiol groups is 2. The first-order valence-electron chi connectivity index (χ1n) is 4.42. The third-order valence-corrected chi connectivity index (χ3v) is 2.30. The molecule has 0 fully saturated rings. The summed E-state index contributed by atoms with van der Waals surface area (Å²) in [5.41, 5.74) is 5.30. The standard InChI is InChI=1S/C8H14N2O4S2/c1-4(11)10-6(3-16)8(13)14-7(12)5(9)2-15/h5-6,15-16H,2-3,9H2,1H3,(H,10,11)/t5-,6-/m0/s1. The molecule has 0 aliphatic carbocycles. The molecular weight excluding hydrogens is 252 g/mol. The molecule has 0 aliphatic rings. The Morgan fingerprint density at radius 1 is 1.25 bits per heavy atom. The Kier molecular flexibility index (Phi) is 7.18. The Labute approximate surface area is 104 Å². The minimum absolute atomic E-state index is 0.0296. The monoisotopic (exact) mass is 266 g/mol. The second kappa shape index (κ2) is 7.53. The lowest BCUT2D eigenvalue weighted by molar-refractivity contribution is -0.162. The van der Waals surface area contributed by atoms with Crippen LogP contribution in [0, 0.1) is 0 Å². The number of carbonyl (C=O) groups is 3. The lowest BCUT2D eigenvalue weighted by Gasteiger charge is -2.14. The van der Waals surface area contributed by atoms with Crippen LogP contribution in [0.1, 0.15) is 6.92 Å². The molecule has 0 bridgehead atoms. The second-order valence-electron chi connectivity index (χ2n) is 2.96. The predicted molar refractivity (Wildman–Crippen MR) is 64.4 cm³/mol. The van der Waals surface area contributed by atoms with E-state index in [1.54, 1.807) is 0 Å². The number of amides is 1. The van der Waals surface area contributed by atoms with Crippen molar-refractivity contribution in [3.05, 3.63) is 0 Å². The third kappa shape index (κ3) is 5.38. The predicted octanol–water partition coefficient (Wildman–Crippen LogP) is -1.25. The Bertz CT molecular complexity index is 285. The first-order chi connectivity index (χ1) is 7.42. The highest BCUT2D eigenvalue weighted by molar-refractivity contribution is 7.80. The highest BCUT2D eigenvalue weighted by Crippen LogP contribution is 1.96. The van der Waals surface area contributed by atoms with Gasteiger partial charge in [0.25, 0.3) is 0 Å². The highest BCUT2D eigenvalue weighted by Gasteiger charge is 2.24. The van der Waals surface area contributed by atoms with Crippen LogP contribution in [0.2, 0.25) is 0 Å². The van der Waals surface area contributed by atoms with Gasteiger partial charge in [0.2, 0.25) is 5.91 Å². The molecule has 0 radical (unpaired) electrons. The summed E-state index contributed by atoms with van der Waals surface area (Å²) < 4.78 is 4.44. The SMILES string of the molecule is CC(=O)N[C@@H](CS)C(=O)OC(=O)[C@@H](N)CS. The van der Waals surface area contributed by atoms with Crippen LogP contribution in [-0.4, -0.2) is 41.4 Å². The zero-order valence-electron chi connectivity index (χ0n) is 8.67. The van der Waals surface area contributed by atoms with Gasteiger partial charge < -0.3 is 15.8 Å². The van der Waals surface area contributed by atoms with E-state index in [2.05, 4.69) is 35.3 Å². The van der Waals surface area contributed by atoms with Crippen molar-refractivity contribution in [1.29, 1.82) is 0 Å². The van der Waals surface area contributed by atoms with E-state index < -0.39 is 29.9 Å². The van der Waals surface area contributed by atoms with Crippen molar-refractivity contribution in [2.24, 2.45) is 5.73 Å². The molecule has 16 heavy (non-hydrogen) atoms. The summed E-state index contributed by atoms with van der Waals surface area (Å²) in [6.07, 6.45) is 0. The fraction of sp³-hybridized carbons (Fsp3) is 0.625. The largest absolute Gasteiger partial charge is 0.390 e. The fourth-order valence-electron chi connectivity index (χ4n) is 0.745. The molecule has 0 aromatic heterocycles. The van der Waals surface area contributed by atoms with Gasteiger partial charge in [-0.15, -0.1) is 0 Å². The van der Waals surface area contributed by atoms with E-state index in [4.69, 9.17) is 5.73 Å². The zero-order valence-corrected chi connectivity index (χ0v) is 10.5. The molecule has 3 N–H and O–H groups in total. The van der Waals surface area contributed by atoms with Gasteiger partial charge in [-0.1, -0.05) is 0 Å². The van der Waals surface area contributed by atoms with Crippen molar-refractivity contribution in [2.75, 3.05) is 11.5 Å². The Hall–Kier alpha value is -0.730. The van der Waals surface area contributed by atoms with E-state index in [-0.39, 0.29) is 11.5 Å². The first-order valence-corrected chi connectivity index (χ1v) is 5.68. The molecule has 92 valence electrons. The van der Waals surface area contributed by atoms with E-state index in [0.29, 0.717) is 0 Å². The van der Waals surface area contributed by atoms with Gasteiger partial charge in [0, 0.05) is 18.4 Å². The number of hydrogen-bond donors (Lipinski definition) is 4. The molecule has 0 saturated carbocycles. The molecule has 8 heteroatoms. The van der Waals surface area contributed by atoms with Gasteiger partial charge in [0.05, 0.1) is 0 Å². The highest BCUT2D eigenvalue weighted by atomic mass is 32.1. The van der Waals surface area contributed by atoms with Crippen LogP contribution in [0.3, 0.4) is 0 Å². The summed E-state index contributed by atoms with van der Waals surface area (Å²) >= 11 is 7.64. The number of esters is 2. The molecule has 0 heterocycles. The van der Waals surface area contributed by atoms with Crippen molar-refractivity contribution in [2.45, 2.75) is 19.0 Å². The van der Waals surface area contributed by atoms with Crippen LogP contribution < -0.4 is 11.1 Å². The smallest absolute Gasteiger partial charge is 0.337 e. The maximum atomic E-state index is 11.4. The number of ether oxygens (including phenoxy) is 1. The second-order valence-corrected chi connectivity index (χ2v) is 3.70. The Morgan fingerprint density at radius 2 is 1.81 bits per heavy atom. The summed E-state index contributed by atoms with van der Waals surface area (Å²) in [7, 11) is 0. The number of hydrogen-bond acceptors (Lipinski definition) is 7. The number of rotatable bonds is 5. The average molecular weight is 266 g/mol. The van der Waals surface area contributed by atoms with Gasteiger partial charge in [-0.3, -0.25) is 4.79 Å². The number of carbonyl (C=O) groups excluding carboxylic acids is 3. The Morgan fingerprint density at radius 3 is 2.19 bits per heavy atom. The molecule has 0 saturated heterocycles. The minimum atomic E-state index is -0.967. The lowest BCUT2D eigenvalue weighted by Crippen LogP contribution is -2.45. The molecule has 0 aromatic rings. The van der Waals surface area contributed by atoms with Crippen molar-refractivity contribution in [3.63, 3.8) is 0 Å². The zero-order chi connectivity index (χ0) is 12.7. The van der Waals surface area contributed by atoms with Crippen molar-refractivity contribution in [3.8, 4) is 0 Å². The van der Waals surface area contributed by atoms with Crippen LogP contribution in [0.15, 0.2) is 0 Å². The topological polar surface area (TPSA) is 98.5 Å². The molecule has 6 nitrogen and oxygen atoms in total. The average Bonchev–Trinajstić information content (AvgIpc) is 2.23. The number of nitrogens with one attached hydrogen (secondary N) is 1. The van der Waals surface area contributed by atoms with Crippen molar-refractivity contribution >= 4 is 43.1 Å². The van der Waals surface area contributed by atoms with Gasteiger partial charge in [-0.05, 0) is 0 Å². The van der Waals surface area contributed by atoms with E-state index >= 15 is 0 Å². The van der Waals surface area contributed by atoms with Crippen LogP contribution in [0.25, 0.3) is 0 Å². The summed E-state index contributed by atoms with van der Waals surface area (Å²) in [5, 5.41) is 2.29. The molecule has 0 rings (SSSR count). The fourth-order valence-corrected chi connectivity index (χ4v) is 1.13. The summed E-state index contributed by atoms with van der Waals surface area (Å²) in [6.45, 7) is 1.24. The van der Waals surface area contributed by atoms with E-state index in [0.717, 1.165) is 0 Å². The Balaban J connectivity index is 4.31. The van der Waals surface area contributed by atoms with E-state index in [1.165, 1.54) is 6.92 Å². The quantitative estimate of drug-likeness (QED) is 0.283. The molecule has 0 aromatic carbocycles. The first kappa shape index (κ1) is 15.3. The van der Waals surface area contributed by atoms with Crippen molar-refractivity contribution < 1.29 is 19.1 Å². The molecule has 0 aliphatic heterocycles. The third-order valence-electron chi connectivity index (χ3n) is 1.55. The maximum Gasteiger partial charge on any atom is 0.337 e. The van der Waals surface area contributed by atoms with E-state index in [9.17, 15) is 14.4 Å². The van der Waals surface area contributed by atoms with E-state index in [1.807, 2.05) is 0 Å². The summed E-state index contributed by atoms with van der Waals surface area (Å²) in [4.78, 5) is 33.2. The molecule has 0 unspecified atom stereocenters. The lowest BCUT2D eigenvalue weighted by atomic mass is 10.3. The molecule has 2 atom stereocenters. The number of nitrogens with two attached hydrogens (primary N) is 1. The maximum absolute atomic E-state index is 11.4. The molecular formula is C8H14N2O4S2. The summed E-state index contributed by atoms with van der Waals surface area (Å²) in [5.74, 6) is -2.08. The normalized spacial score (nSPS) is 13.8. The van der Waals surface area contributed by atoms with Gasteiger partial charge in [0.1, 0.15) is 12.1 Å². The van der Waals surface area contributed by atoms with Gasteiger partial charge in [-0.2, -0.15) is 25.3 Å². The van der Waals surface area contributed by atoms with Gasteiger partial charge in [-0.25, -0.2) is 9.59 Å². The molecule has 1 amide bonds. The summed E-state index contributed by atoms with van der Waals surface area (Å²) in [6, 6.07) is -1.93. The van der Waals surface area contributed by atoms with Crippen molar-refractivity contribution in [1.82, 2.24) is 5.32 Å². The minimum Gasteiger partial charge on any atom is -0.390 e. The van der Waals surface area contributed by atoms with Crippen LogP contribution in [0.5, 0.6) is 0 Å². The van der Waals surface area contributed by atoms with Crippen LogP contribution in [-0.2, 0) is 19.1 Å².